The first-order valence-corrected chi connectivity index (χ1v) is 8.62. The number of halogens is 1. The number of hydrogen-bond donors (Lipinski definition) is 3. The van der Waals surface area contributed by atoms with Crippen LogP contribution in [0.4, 0.5) is 5.82 Å². The highest BCUT2D eigenvalue weighted by Crippen LogP contribution is 2.34. The van der Waals surface area contributed by atoms with E-state index < -0.39 is 11.2 Å². The Balaban J connectivity index is 2.03. The Kier molecular flexibility index (Phi) is 5.06. The van der Waals surface area contributed by atoms with Gasteiger partial charge in [0.25, 0.3) is 11.1 Å². The van der Waals surface area contributed by atoms with Crippen molar-refractivity contribution in [3.8, 4) is 17.3 Å². The highest BCUT2D eigenvalue weighted by molar-refractivity contribution is 6.32. The average molecular weight is 405 g/mol. The lowest BCUT2D eigenvalue weighted by Crippen LogP contribution is -2.33. The van der Waals surface area contributed by atoms with Crippen molar-refractivity contribution in [2.24, 2.45) is 0 Å². The van der Waals surface area contributed by atoms with Crippen LogP contribution in [0.15, 0.2) is 32.6 Å². The van der Waals surface area contributed by atoms with Crippen LogP contribution in [0.3, 0.4) is 0 Å². The van der Waals surface area contributed by atoms with Crippen molar-refractivity contribution >= 4 is 17.4 Å². The fourth-order valence-electron chi connectivity index (χ4n) is 2.54. The number of H-pyrrole nitrogens is 2. The number of benzene rings is 1. The van der Waals surface area contributed by atoms with Gasteiger partial charge in [0.2, 0.25) is 11.7 Å². The summed E-state index contributed by atoms with van der Waals surface area (Å²) < 4.78 is 6.67. The minimum Gasteiger partial charge on any atom is -0.436 e. The van der Waals surface area contributed by atoms with Gasteiger partial charge in [-0.1, -0.05) is 25.4 Å². The molecular weight excluding hydrogens is 388 g/mol. The average Bonchev–Trinajstić information content (AvgIpc) is 2.62. The molecule has 0 aliphatic rings. The Hall–Kier alpha value is -3.40. The monoisotopic (exact) mass is 404 g/mol. The lowest BCUT2D eigenvalue weighted by atomic mass is 10.1. The molecule has 0 amide bonds. The maximum atomic E-state index is 12.0. The highest BCUT2D eigenvalue weighted by atomic mass is 35.5. The molecule has 0 radical (unpaired) electrons. The summed E-state index contributed by atoms with van der Waals surface area (Å²) in [6.45, 7) is 5.46. The van der Waals surface area contributed by atoms with E-state index >= 15 is 0 Å². The second kappa shape index (κ2) is 7.31. The zero-order valence-corrected chi connectivity index (χ0v) is 16.0. The van der Waals surface area contributed by atoms with Crippen molar-refractivity contribution in [2.45, 2.75) is 26.7 Å². The molecule has 0 unspecified atom stereocenters. The molecule has 0 saturated heterocycles. The SMILES string of the molecule is Cc1cc(-n2nc(N)c(=O)[nH]c2=O)cc(Cl)c1Oc1cc(C(C)C)c(=O)[nH]n1. The van der Waals surface area contributed by atoms with Gasteiger partial charge < -0.3 is 10.5 Å². The lowest BCUT2D eigenvalue weighted by molar-refractivity contribution is 0.449. The lowest BCUT2D eigenvalue weighted by Gasteiger charge is -2.13. The Morgan fingerprint density at radius 1 is 1.18 bits per heavy atom. The number of rotatable bonds is 4. The van der Waals surface area contributed by atoms with Crippen LogP contribution in [0.25, 0.3) is 5.69 Å². The summed E-state index contributed by atoms with van der Waals surface area (Å²) in [7, 11) is 0. The van der Waals surface area contributed by atoms with E-state index in [1.165, 1.54) is 6.07 Å². The van der Waals surface area contributed by atoms with Crippen LogP contribution in [-0.2, 0) is 0 Å². The van der Waals surface area contributed by atoms with Crippen LogP contribution in [-0.4, -0.2) is 25.0 Å². The van der Waals surface area contributed by atoms with Gasteiger partial charge in [-0.25, -0.2) is 9.89 Å². The molecule has 0 fully saturated rings. The number of nitrogens with zero attached hydrogens (tertiary/aromatic N) is 3. The number of hydrogen-bond acceptors (Lipinski definition) is 7. The molecule has 1 aromatic carbocycles. The molecule has 0 spiro atoms. The van der Waals surface area contributed by atoms with Crippen LogP contribution in [0.2, 0.25) is 5.02 Å². The van der Waals surface area contributed by atoms with E-state index in [2.05, 4.69) is 20.3 Å². The maximum Gasteiger partial charge on any atom is 0.349 e. The molecule has 0 saturated carbocycles. The van der Waals surface area contributed by atoms with E-state index in [4.69, 9.17) is 22.1 Å². The summed E-state index contributed by atoms with van der Waals surface area (Å²) in [5.41, 5.74) is 5.04. The molecule has 2 aromatic heterocycles. The Labute approximate surface area is 162 Å². The molecule has 146 valence electrons. The second-order valence-electron chi connectivity index (χ2n) is 6.38. The number of ether oxygens (including phenoxy) is 1. The van der Waals surface area contributed by atoms with Crippen molar-refractivity contribution in [2.75, 3.05) is 5.73 Å². The van der Waals surface area contributed by atoms with E-state index in [1.807, 2.05) is 13.8 Å². The molecular formula is C17H17ClN6O4. The zero-order chi connectivity index (χ0) is 20.6. The van der Waals surface area contributed by atoms with Crippen LogP contribution in [0, 0.1) is 6.92 Å². The molecule has 0 atom stereocenters. The summed E-state index contributed by atoms with van der Waals surface area (Å²) in [4.78, 5) is 37.3. The Morgan fingerprint density at radius 2 is 1.89 bits per heavy atom. The third kappa shape index (κ3) is 3.67. The minimum absolute atomic E-state index is 0.0170. The minimum atomic E-state index is -0.769. The predicted molar refractivity (Wildman–Crippen MR) is 104 cm³/mol. The van der Waals surface area contributed by atoms with Crippen LogP contribution in [0.5, 0.6) is 11.6 Å². The van der Waals surface area contributed by atoms with Crippen LogP contribution in [0.1, 0.15) is 30.9 Å². The highest BCUT2D eigenvalue weighted by Gasteiger charge is 2.15. The molecule has 11 heteroatoms. The molecule has 0 bridgehead atoms. The number of nitrogens with two attached hydrogens (primary N) is 1. The fourth-order valence-corrected chi connectivity index (χ4v) is 2.84. The summed E-state index contributed by atoms with van der Waals surface area (Å²) in [5.74, 6) is 0.0961. The third-order valence-corrected chi connectivity index (χ3v) is 4.23. The van der Waals surface area contributed by atoms with E-state index in [9.17, 15) is 14.4 Å². The molecule has 0 aliphatic heterocycles. The smallest absolute Gasteiger partial charge is 0.349 e. The molecule has 10 nitrogen and oxygen atoms in total. The Morgan fingerprint density at radius 3 is 2.54 bits per heavy atom. The maximum absolute atomic E-state index is 12.0. The summed E-state index contributed by atoms with van der Waals surface area (Å²) in [6.07, 6.45) is 0. The van der Waals surface area contributed by atoms with Crippen molar-refractivity contribution < 1.29 is 4.74 Å². The van der Waals surface area contributed by atoms with Gasteiger partial charge in [0.05, 0.1) is 10.7 Å². The number of aryl methyl sites for hydroxylation is 1. The topological polar surface area (TPSA) is 149 Å². The first kappa shape index (κ1) is 19.4. The molecule has 28 heavy (non-hydrogen) atoms. The molecule has 2 heterocycles. The van der Waals surface area contributed by atoms with Crippen LogP contribution >= 0.6 is 11.6 Å². The van der Waals surface area contributed by atoms with Gasteiger partial charge >= 0.3 is 5.69 Å². The predicted octanol–water partition coefficient (Wildman–Crippen LogP) is 1.46. The molecule has 3 aromatic rings. The summed E-state index contributed by atoms with van der Waals surface area (Å²) >= 11 is 6.32. The second-order valence-corrected chi connectivity index (χ2v) is 6.78. The summed E-state index contributed by atoms with van der Waals surface area (Å²) in [5, 5.41) is 10.2. The van der Waals surface area contributed by atoms with E-state index in [-0.39, 0.29) is 28.2 Å². The fraction of sp³-hybridized carbons (Fsp3) is 0.235. The number of anilines is 1. The Bertz CT molecular complexity index is 1200. The van der Waals surface area contributed by atoms with Gasteiger partial charge in [0.15, 0.2) is 5.75 Å². The first-order valence-electron chi connectivity index (χ1n) is 8.24. The molecule has 0 aliphatic carbocycles. The van der Waals surface area contributed by atoms with E-state index in [1.54, 1.807) is 19.1 Å². The van der Waals surface area contributed by atoms with Crippen molar-refractivity contribution in [3.63, 3.8) is 0 Å². The number of nitrogens with one attached hydrogen (secondary N) is 2. The number of aromatic nitrogens is 5. The summed E-state index contributed by atoms with van der Waals surface area (Å²) in [6, 6.07) is 4.56. The largest absolute Gasteiger partial charge is 0.436 e. The van der Waals surface area contributed by atoms with Gasteiger partial charge in [-0.2, -0.15) is 4.68 Å². The van der Waals surface area contributed by atoms with E-state index in [0.717, 1.165) is 4.68 Å². The first-order chi connectivity index (χ1) is 13.2. The van der Waals surface area contributed by atoms with Gasteiger partial charge in [-0.15, -0.1) is 10.2 Å². The normalized spacial score (nSPS) is 11.0. The van der Waals surface area contributed by atoms with Crippen molar-refractivity contribution in [1.29, 1.82) is 0 Å². The van der Waals surface area contributed by atoms with Crippen molar-refractivity contribution in [3.05, 3.63) is 65.5 Å². The standard InChI is InChI=1S/C17H17ClN6O4/c1-7(2)10-6-12(21-22-15(10)25)28-13-8(3)4-9(5-11(13)18)24-17(27)20-16(26)14(19)23-24/h4-7H,1-3H3,(H2,19,23)(H,22,25)(H,20,26,27). The molecule has 3 rings (SSSR count). The van der Waals surface area contributed by atoms with Gasteiger partial charge in [-0.05, 0) is 30.5 Å². The number of aromatic amines is 2. The van der Waals surface area contributed by atoms with Gasteiger partial charge in [0.1, 0.15) is 0 Å². The van der Waals surface area contributed by atoms with Gasteiger partial charge in [0, 0.05) is 11.6 Å². The van der Waals surface area contributed by atoms with Crippen LogP contribution < -0.4 is 27.3 Å². The number of nitrogen functional groups attached to an aromatic ring is 1. The van der Waals surface area contributed by atoms with Crippen molar-refractivity contribution in [1.82, 2.24) is 25.0 Å². The third-order valence-electron chi connectivity index (χ3n) is 3.95. The van der Waals surface area contributed by atoms with E-state index in [0.29, 0.717) is 22.6 Å². The zero-order valence-electron chi connectivity index (χ0n) is 15.2. The van der Waals surface area contributed by atoms with Gasteiger partial charge in [-0.3, -0.25) is 14.6 Å². The molecule has 4 N–H and O–H groups in total. The quantitative estimate of drug-likeness (QED) is 0.595.